The molecule has 0 bridgehead atoms. The summed E-state index contributed by atoms with van der Waals surface area (Å²) in [5.41, 5.74) is -0.554. The van der Waals surface area contributed by atoms with Crippen LogP contribution in [0, 0.1) is 15.2 Å². The minimum atomic E-state index is -2.20. The van der Waals surface area contributed by atoms with Crippen molar-refractivity contribution in [2.45, 2.75) is 26.7 Å². The summed E-state index contributed by atoms with van der Waals surface area (Å²) in [6, 6.07) is 0. The van der Waals surface area contributed by atoms with Crippen LogP contribution in [0.4, 0.5) is 0 Å². The lowest BCUT2D eigenvalue weighted by Crippen LogP contribution is -2.31. The Morgan fingerprint density at radius 1 is 1.39 bits per heavy atom. The Bertz CT molecular complexity index is 303. The van der Waals surface area contributed by atoms with Crippen molar-refractivity contribution in [1.29, 1.82) is 0 Å². The van der Waals surface area contributed by atoms with E-state index in [9.17, 15) is 19.4 Å². The van der Waals surface area contributed by atoms with E-state index in [4.69, 9.17) is 4.52 Å². The Balaban J connectivity index is 4.04. The molecule has 1 amide bonds. The Morgan fingerprint density at radius 3 is 2.50 bits per heavy atom. The van der Waals surface area contributed by atoms with Gasteiger partial charge in [0, 0.05) is 29.3 Å². The molecule has 0 atom stereocenters. The standard InChI is InChI=1S/C9H16N3O5P/c1-9(2,7-17-18(11-15)12-16)6-8(14)10-4-3-5-13/h5H,3-4,6-7H2,1-2H3,(H,10,14). The molecule has 8 nitrogen and oxygen atoms in total. The summed E-state index contributed by atoms with van der Waals surface area (Å²) < 4.78 is 4.90. The minimum Gasteiger partial charge on any atom is -0.356 e. The third kappa shape index (κ3) is 7.92. The Kier molecular flexibility index (Phi) is 8.15. The van der Waals surface area contributed by atoms with Gasteiger partial charge in [-0.3, -0.25) is 4.79 Å². The first-order valence-electron chi connectivity index (χ1n) is 5.25. The van der Waals surface area contributed by atoms with Gasteiger partial charge < -0.3 is 14.6 Å². The molecule has 0 aromatic rings. The van der Waals surface area contributed by atoms with Gasteiger partial charge in [0.25, 0.3) is 0 Å². The van der Waals surface area contributed by atoms with Gasteiger partial charge in [-0.1, -0.05) is 13.8 Å². The maximum atomic E-state index is 11.5. The fourth-order valence-electron chi connectivity index (χ4n) is 1.11. The first-order valence-corrected chi connectivity index (χ1v) is 6.41. The number of rotatable bonds is 10. The highest BCUT2D eigenvalue weighted by molar-refractivity contribution is 7.49. The number of carbonyl (C=O) groups excluding carboxylic acids is 2. The molecule has 0 aliphatic rings. The molecule has 0 saturated heterocycles. The monoisotopic (exact) mass is 277 g/mol. The highest BCUT2D eigenvalue weighted by Gasteiger charge is 2.25. The van der Waals surface area contributed by atoms with Gasteiger partial charge in [0.1, 0.15) is 6.29 Å². The highest BCUT2D eigenvalue weighted by Crippen LogP contribution is 2.41. The van der Waals surface area contributed by atoms with Crippen LogP contribution in [0.15, 0.2) is 9.89 Å². The van der Waals surface area contributed by atoms with E-state index in [1.165, 1.54) is 0 Å². The number of carbonyl (C=O) groups is 2. The number of nitrogens with zero attached hydrogens (tertiary/aromatic N) is 2. The Hall–Kier alpha value is -1.27. The first-order chi connectivity index (χ1) is 8.45. The molecule has 0 radical (unpaired) electrons. The van der Waals surface area contributed by atoms with Gasteiger partial charge in [0.05, 0.1) is 6.61 Å². The third-order valence-corrected chi connectivity index (χ3v) is 2.57. The summed E-state index contributed by atoms with van der Waals surface area (Å²) in [4.78, 5) is 46.6. The minimum absolute atomic E-state index is 0.0251. The molecule has 0 aromatic carbocycles. The molecule has 0 aliphatic heterocycles. The average molecular weight is 277 g/mol. The van der Waals surface area contributed by atoms with Gasteiger partial charge in [-0.25, -0.2) is 0 Å². The Morgan fingerprint density at radius 2 is 2.00 bits per heavy atom. The summed E-state index contributed by atoms with van der Waals surface area (Å²) in [7, 11) is -2.20. The predicted molar refractivity (Wildman–Crippen MR) is 66.6 cm³/mol. The number of nitrogens with one attached hydrogen (secondary N) is 1. The lowest BCUT2D eigenvalue weighted by atomic mass is 9.90. The van der Waals surface area contributed by atoms with Gasteiger partial charge in [-0.2, -0.15) is 0 Å². The molecule has 0 aliphatic carbocycles. The molecule has 0 rings (SSSR count). The number of aldehydes is 1. The van der Waals surface area contributed by atoms with E-state index >= 15 is 0 Å². The summed E-state index contributed by atoms with van der Waals surface area (Å²) >= 11 is 0. The van der Waals surface area contributed by atoms with Crippen LogP contribution in [0.5, 0.6) is 0 Å². The van der Waals surface area contributed by atoms with Crippen LogP contribution in [0.3, 0.4) is 0 Å². The second kappa shape index (κ2) is 8.77. The molecule has 0 saturated carbocycles. The second-order valence-electron chi connectivity index (χ2n) is 4.34. The molecule has 1 N–H and O–H groups in total. The average Bonchev–Trinajstić information content (AvgIpc) is 2.30. The third-order valence-electron chi connectivity index (χ3n) is 1.93. The van der Waals surface area contributed by atoms with Crippen LogP contribution in [0.2, 0.25) is 0 Å². The zero-order valence-electron chi connectivity index (χ0n) is 10.3. The summed E-state index contributed by atoms with van der Waals surface area (Å²) in [5.74, 6) is -0.229. The van der Waals surface area contributed by atoms with Crippen LogP contribution >= 0.6 is 8.45 Å². The largest absolute Gasteiger partial charge is 0.374 e. The fraction of sp³-hybridized carbons (Fsp3) is 0.778. The number of hydrogen-bond acceptors (Lipinski definition) is 7. The molecule has 18 heavy (non-hydrogen) atoms. The Labute approximate surface area is 106 Å². The van der Waals surface area contributed by atoms with Gasteiger partial charge in [-0.05, 0) is 5.41 Å². The van der Waals surface area contributed by atoms with Gasteiger partial charge in [0.2, 0.25) is 5.91 Å². The normalized spacial score (nSPS) is 11.1. The molecule has 102 valence electrons. The van der Waals surface area contributed by atoms with Crippen molar-refractivity contribution in [3.05, 3.63) is 9.81 Å². The van der Waals surface area contributed by atoms with Crippen molar-refractivity contribution < 1.29 is 14.1 Å². The summed E-state index contributed by atoms with van der Waals surface area (Å²) in [6.45, 7) is 3.81. The lowest BCUT2D eigenvalue weighted by Gasteiger charge is -2.23. The highest BCUT2D eigenvalue weighted by atomic mass is 31.2. The van der Waals surface area contributed by atoms with Crippen LogP contribution in [0.1, 0.15) is 26.7 Å². The number of nitroso groups, excluding NO2 is 2. The fourth-order valence-corrected chi connectivity index (χ4v) is 1.70. The zero-order chi connectivity index (χ0) is 14.0. The summed E-state index contributed by atoms with van der Waals surface area (Å²) in [5, 5.41) is 2.56. The van der Waals surface area contributed by atoms with E-state index in [0.29, 0.717) is 6.29 Å². The zero-order valence-corrected chi connectivity index (χ0v) is 11.2. The molecular weight excluding hydrogens is 261 g/mol. The molecule has 0 unspecified atom stereocenters. The van der Waals surface area contributed by atoms with E-state index in [1.807, 2.05) is 0 Å². The maximum absolute atomic E-state index is 11.5. The van der Waals surface area contributed by atoms with Crippen molar-refractivity contribution >= 4 is 20.6 Å². The molecule has 0 spiro atoms. The van der Waals surface area contributed by atoms with E-state index in [1.54, 1.807) is 13.8 Å². The van der Waals surface area contributed by atoms with Gasteiger partial charge in [0.15, 0.2) is 0 Å². The van der Waals surface area contributed by atoms with Gasteiger partial charge in [-0.15, -0.1) is 9.81 Å². The van der Waals surface area contributed by atoms with Crippen molar-refractivity contribution in [3.63, 3.8) is 0 Å². The van der Waals surface area contributed by atoms with E-state index in [-0.39, 0.29) is 31.9 Å². The van der Waals surface area contributed by atoms with E-state index in [0.717, 1.165) is 0 Å². The molecule has 0 heterocycles. The summed E-state index contributed by atoms with van der Waals surface area (Å²) in [6.07, 6.45) is 1.12. The maximum Gasteiger partial charge on any atom is 0.374 e. The molecule has 9 heteroatoms. The topological polar surface area (TPSA) is 114 Å². The van der Waals surface area contributed by atoms with Crippen LogP contribution in [0.25, 0.3) is 0 Å². The SMILES string of the molecule is CC(C)(COP(N=O)N=O)CC(=O)NCCC=O. The van der Waals surface area contributed by atoms with Crippen molar-refractivity contribution in [3.8, 4) is 0 Å². The predicted octanol–water partition coefficient (Wildman–Crippen LogP) is 1.88. The lowest BCUT2D eigenvalue weighted by molar-refractivity contribution is -0.123. The van der Waals surface area contributed by atoms with Crippen molar-refractivity contribution in [2.75, 3.05) is 13.2 Å². The van der Waals surface area contributed by atoms with Crippen LogP contribution in [-0.4, -0.2) is 25.3 Å². The quantitative estimate of drug-likeness (QED) is 0.283. The van der Waals surface area contributed by atoms with E-state index < -0.39 is 13.9 Å². The second-order valence-corrected chi connectivity index (χ2v) is 5.43. The van der Waals surface area contributed by atoms with E-state index in [2.05, 4.69) is 15.2 Å². The van der Waals surface area contributed by atoms with Crippen LogP contribution in [-0.2, 0) is 14.1 Å². The van der Waals surface area contributed by atoms with Crippen molar-refractivity contribution in [1.82, 2.24) is 5.32 Å². The van der Waals surface area contributed by atoms with Crippen LogP contribution < -0.4 is 5.32 Å². The van der Waals surface area contributed by atoms with Crippen molar-refractivity contribution in [2.24, 2.45) is 15.3 Å². The number of amides is 1. The first kappa shape index (κ1) is 16.7. The molecule has 0 fully saturated rings. The smallest absolute Gasteiger partial charge is 0.356 e. The van der Waals surface area contributed by atoms with Gasteiger partial charge >= 0.3 is 8.45 Å². The molecule has 0 aromatic heterocycles. The molecular formula is C9H16N3O5P. The number of hydrogen-bond donors (Lipinski definition) is 1.